The molecule has 1 aliphatic heterocycles. The first kappa shape index (κ1) is 81.4. The number of aromatic nitrogens is 3. The van der Waals surface area contributed by atoms with E-state index in [1.165, 1.54) is 27.0 Å². The summed E-state index contributed by atoms with van der Waals surface area (Å²) in [6.45, 7) is 3.70. The fourth-order valence-corrected chi connectivity index (χ4v) is 12.2. The Balaban J connectivity index is 1.05. The number of carboxylic acids is 6. The van der Waals surface area contributed by atoms with Crippen molar-refractivity contribution in [2.45, 2.75) is 95.8 Å². The molecule has 0 aliphatic carbocycles. The summed E-state index contributed by atoms with van der Waals surface area (Å²) in [7, 11) is -4.55. The van der Waals surface area contributed by atoms with Gasteiger partial charge < -0.3 is 82.1 Å². The molecule has 0 spiro atoms. The summed E-state index contributed by atoms with van der Waals surface area (Å²) in [5, 5.41) is 75.7. The Morgan fingerprint density at radius 3 is 1.61 bits per heavy atom. The Labute approximate surface area is 579 Å². The zero-order valence-corrected chi connectivity index (χ0v) is 56.9. The van der Waals surface area contributed by atoms with Crippen molar-refractivity contribution >= 4 is 104 Å². The summed E-state index contributed by atoms with van der Waals surface area (Å²) in [4.78, 5) is 177. The van der Waals surface area contributed by atoms with Crippen LogP contribution in [0.1, 0.15) is 77.6 Å². The van der Waals surface area contributed by atoms with Gasteiger partial charge >= 0.3 is 35.8 Å². The van der Waals surface area contributed by atoms with Crippen LogP contribution in [0.15, 0.2) is 63.0 Å². The van der Waals surface area contributed by atoms with Gasteiger partial charge in [0.2, 0.25) is 35.0 Å². The minimum absolute atomic E-state index is 0.0199. The number of sulfonamides is 1. The predicted molar refractivity (Wildman–Crippen MR) is 359 cm³/mol. The highest BCUT2D eigenvalue weighted by atomic mass is 32.2. The van der Waals surface area contributed by atoms with Crippen LogP contribution in [0.3, 0.4) is 0 Å². The van der Waals surface area contributed by atoms with Crippen LogP contribution in [0, 0.1) is 20.8 Å². The molecule has 1 saturated heterocycles. The number of anilines is 1. The van der Waals surface area contributed by atoms with Crippen LogP contribution in [-0.2, 0) is 80.6 Å². The molecule has 6 amide bonds. The third-order valence-corrected chi connectivity index (χ3v) is 17.2. The molecular formula is C63H87N15O22S. The lowest BCUT2D eigenvalue weighted by atomic mass is 10.1. The number of nitrogens with zero attached hydrogens (tertiary/aromatic N) is 7. The van der Waals surface area contributed by atoms with Gasteiger partial charge in [-0.3, -0.25) is 77.1 Å². The number of hydrogen-bond donors (Lipinski definition) is 14. The van der Waals surface area contributed by atoms with Gasteiger partial charge in [-0.25, -0.2) is 9.78 Å². The van der Waals surface area contributed by atoms with Crippen molar-refractivity contribution in [1.29, 1.82) is 0 Å². The van der Waals surface area contributed by atoms with E-state index in [0.29, 0.717) is 29.0 Å². The Hall–Kier alpha value is -10.3. The highest BCUT2D eigenvalue weighted by Gasteiger charge is 2.32. The Bertz CT molecular complexity index is 3770. The van der Waals surface area contributed by atoms with E-state index in [4.69, 9.17) is 4.74 Å². The molecule has 38 heteroatoms. The van der Waals surface area contributed by atoms with E-state index in [9.17, 15) is 101 Å². The first-order valence-corrected chi connectivity index (χ1v) is 33.6. The van der Waals surface area contributed by atoms with Crippen LogP contribution < -0.4 is 42.6 Å². The van der Waals surface area contributed by atoms with Gasteiger partial charge in [-0.1, -0.05) is 23.8 Å². The molecule has 1 aliphatic rings. The molecule has 1 fully saturated rings. The number of H-pyrrole nitrogens is 1. The van der Waals surface area contributed by atoms with Crippen LogP contribution in [-0.4, -0.2) is 280 Å². The van der Waals surface area contributed by atoms with Gasteiger partial charge in [0.25, 0.3) is 15.9 Å². The second kappa shape index (κ2) is 40.7. The van der Waals surface area contributed by atoms with Gasteiger partial charge in [0.1, 0.15) is 17.6 Å². The molecule has 37 nitrogen and oxygen atoms in total. The Morgan fingerprint density at radius 1 is 0.614 bits per heavy atom. The molecule has 0 saturated carbocycles. The standard InChI is InChI=1S/C63H87N15O22S/c1-39-27-40(2)58(41(3)28-39)101(98,99)73-47(62(96)97)33-69-59(93)44-34-78(48-29-42(7-8-43(48)57(44)92)32-70-63-67-14-15-68-63)16-4-11-64-49(79)9-10-50(80)65-12-5-25-100-26-6-13-66-60(94)45(30-52(82)83)72-61(95)46(31-53(84)85)71-51(81)35-74-17-19-75(36-54(86)87)21-23-77(38-56(90)91)24-22-76(20-18-74)37-55(88)89/h7-8,14-15,27-29,34,45-46H,4-6,9-13,16-26,30-33,35-38H2,1-3H3,(H,64,79)(H,65,80)(H,66,94)(H,69,93)(H,71,81)(H,72,95)(H,82,83)(H,84,85)(H,86,87)(H,88,89)(H,90,91)(H,96,97)(H2,67,68,70)/t45-,46-/m1/s1. The molecule has 4 aromatic rings. The minimum Gasteiger partial charge on any atom is -0.481 e. The number of pyridine rings is 1. The molecule has 101 heavy (non-hydrogen) atoms. The SMILES string of the molecule is Cc1cc(C)c(S(=O)(=O)N=C(CNC(=O)c2cn(CCCNC(=O)CCC(=O)NCCCOCCCNC(=O)[C@@H](CC(=O)O)NC(=O)[C@@H](CC(=O)O)NC(=O)CN3CCN(CC(=O)O)CCN(CC(=O)O)CCN(CC(=O)O)CC3)c3cc(CNc4ncc[nH]4)ccc3c2=O)C(=O)O)c(C)c1. The number of benzene rings is 2. The molecular weight excluding hydrogens is 1350 g/mol. The van der Waals surface area contributed by atoms with Crippen LogP contribution in [0.2, 0.25) is 0 Å². The smallest absolute Gasteiger partial charge is 0.353 e. The number of rotatable bonds is 40. The monoisotopic (exact) mass is 1440 g/mol. The number of fused-ring (bicyclic) bond motifs is 1. The minimum atomic E-state index is -4.55. The van der Waals surface area contributed by atoms with E-state index in [-0.39, 0.29) is 146 Å². The number of aliphatic carboxylic acids is 6. The first-order valence-electron chi connectivity index (χ1n) is 32.2. The molecule has 3 heterocycles. The fraction of sp³-hybridized carbons (Fsp3) is 0.508. The van der Waals surface area contributed by atoms with Gasteiger partial charge in [-0.05, 0) is 68.9 Å². The van der Waals surface area contributed by atoms with Crippen molar-refractivity contribution in [3.63, 3.8) is 0 Å². The third-order valence-electron chi connectivity index (χ3n) is 15.6. The molecule has 0 unspecified atom stereocenters. The Morgan fingerprint density at radius 2 is 1.12 bits per heavy atom. The maximum Gasteiger partial charge on any atom is 0.353 e. The number of carbonyl (C=O) groups excluding carboxylic acids is 6. The number of amides is 6. The number of hydrogen-bond acceptors (Lipinski definition) is 22. The summed E-state index contributed by atoms with van der Waals surface area (Å²) in [5.41, 5.74) is 0.620. The van der Waals surface area contributed by atoms with Crippen LogP contribution >= 0.6 is 0 Å². The van der Waals surface area contributed by atoms with E-state index < -0.39 is 144 Å². The number of ether oxygens (including phenoxy) is 1. The average molecular weight is 1440 g/mol. The van der Waals surface area contributed by atoms with E-state index in [2.05, 4.69) is 51.6 Å². The quantitative estimate of drug-likeness (QED) is 0.0163. The van der Waals surface area contributed by atoms with Gasteiger partial charge in [0.15, 0.2) is 11.7 Å². The van der Waals surface area contributed by atoms with Crippen molar-refractivity contribution < 1.29 is 101 Å². The summed E-state index contributed by atoms with van der Waals surface area (Å²) < 4.78 is 37.5. The predicted octanol–water partition coefficient (Wildman–Crippen LogP) is -2.38. The van der Waals surface area contributed by atoms with Gasteiger partial charge in [0, 0.05) is 135 Å². The lowest BCUT2D eigenvalue weighted by molar-refractivity contribution is -0.143. The lowest BCUT2D eigenvalue weighted by Crippen LogP contribution is -2.56. The topological polar surface area (TPSA) is 530 Å². The second-order valence-electron chi connectivity index (χ2n) is 23.8. The molecule has 14 N–H and O–H groups in total. The highest BCUT2D eigenvalue weighted by Crippen LogP contribution is 2.24. The molecule has 5 rings (SSSR count). The summed E-state index contributed by atoms with van der Waals surface area (Å²) in [5.74, 6) is -12.7. The Kier molecular flexibility index (Phi) is 32.8. The number of carbonyl (C=O) groups is 12. The zero-order chi connectivity index (χ0) is 74.3. The summed E-state index contributed by atoms with van der Waals surface area (Å²) in [6, 6.07) is 4.60. The maximum absolute atomic E-state index is 13.9. The number of nitrogens with one attached hydrogen (secondary N) is 8. The van der Waals surface area contributed by atoms with E-state index in [1.54, 1.807) is 66.9 Å². The normalized spacial score (nSPS) is 14.4. The molecule has 0 radical (unpaired) electrons. The van der Waals surface area contributed by atoms with Gasteiger partial charge in [0.05, 0.1) is 56.0 Å². The maximum atomic E-state index is 13.9. The summed E-state index contributed by atoms with van der Waals surface area (Å²) in [6.07, 6.45) is 3.02. The van der Waals surface area contributed by atoms with Crippen LogP contribution in [0.25, 0.3) is 10.9 Å². The van der Waals surface area contributed by atoms with Crippen molar-refractivity contribution in [1.82, 2.24) is 66.0 Å². The van der Waals surface area contributed by atoms with Crippen LogP contribution in [0.4, 0.5) is 5.95 Å². The number of aryl methyl sites for hydroxylation is 4. The second-order valence-corrected chi connectivity index (χ2v) is 25.3. The fourth-order valence-electron chi connectivity index (χ4n) is 10.8. The molecule has 0 bridgehead atoms. The van der Waals surface area contributed by atoms with Gasteiger partial charge in [-0.15, -0.1) is 0 Å². The molecule has 2 aromatic carbocycles. The zero-order valence-electron chi connectivity index (χ0n) is 56.1. The lowest BCUT2D eigenvalue weighted by Gasteiger charge is -2.33. The molecule has 2 aromatic heterocycles. The van der Waals surface area contributed by atoms with E-state index in [0.717, 1.165) is 11.1 Å². The van der Waals surface area contributed by atoms with E-state index in [1.807, 2.05) is 0 Å². The van der Waals surface area contributed by atoms with E-state index >= 15 is 0 Å². The van der Waals surface area contributed by atoms with Crippen molar-refractivity contribution in [2.75, 3.05) is 123 Å². The van der Waals surface area contributed by atoms with Crippen molar-refractivity contribution in [2.24, 2.45) is 4.40 Å². The average Bonchev–Trinajstić information content (AvgIpc) is 1.12. The number of aromatic amines is 1. The summed E-state index contributed by atoms with van der Waals surface area (Å²) >= 11 is 0. The first-order chi connectivity index (χ1) is 47.9. The van der Waals surface area contributed by atoms with Crippen molar-refractivity contribution in [3.05, 3.63) is 87.0 Å². The number of imidazole rings is 1. The van der Waals surface area contributed by atoms with Crippen LogP contribution in [0.5, 0.6) is 0 Å². The van der Waals surface area contributed by atoms with Gasteiger partial charge in [-0.2, -0.15) is 12.8 Å². The molecule has 2 atom stereocenters. The third kappa shape index (κ3) is 28.8. The van der Waals surface area contributed by atoms with Crippen molar-refractivity contribution in [3.8, 4) is 0 Å². The number of carboxylic acid groups (broad SMARTS) is 6. The highest BCUT2D eigenvalue weighted by molar-refractivity contribution is 7.90. The largest absolute Gasteiger partial charge is 0.481 e. The molecule has 552 valence electrons.